The van der Waals surface area contributed by atoms with E-state index < -0.39 is 11.9 Å². The fraction of sp³-hybridized carbons (Fsp3) is 0.643. The number of carboxylic acids is 1. The first-order valence-electron chi connectivity index (χ1n) is 6.92. The third-order valence-electron chi connectivity index (χ3n) is 3.59. The number of nitrogens with zero attached hydrogens (tertiary/aromatic N) is 3. The number of aliphatic carboxylic acids is 1. The van der Waals surface area contributed by atoms with E-state index in [4.69, 9.17) is 5.11 Å². The SMILES string of the molecule is Cc1cc(C)n(CC(=O)N(CC(C)C(=O)O)C2CC2)n1. The molecule has 1 atom stereocenters. The smallest absolute Gasteiger partial charge is 0.308 e. The lowest BCUT2D eigenvalue weighted by Crippen LogP contribution is -2.40. The van der Waals surface area contributed by atoms with Gasteiger partial charge >= 0.3 is 5.97 Å². The van der Waals surface area contributed by atoms with Crippen LogP contribution < -0.4 is 0 Å². The van der Waals surface area contributed by atoms with Crippen LogP contribution >= 0.6 is 0 Å². The number of rotatable bonds is 6. The van der Waals surface area contributed by atoms with E-state index in [2.05, 4.69) is 5.10 Å². The molecule has 1 aromatic rings. The van der Waals surface area contributed by atoms with Crippen LogP contribution in [0.5, 0.6) is 0 Å². The molecule has 1 N–H and O–H groups in total. The zero-order valence-electron chi connectivity index (χ0n) is 12.2. The van der Waals surface area contributed by atoms with Gasteiger partial charge in [0.25, 0.3) is 0 Å². The van der Waals surface area contributed by atoms with Gasteiger partial charge in [0.1, 0.15) is 6.54 Å². The molecule has 2 rings (SSSR count). The van der Waals surface area contributed by atoms with E-state index >= 15 is 0 Å². The largest absolute Gasteiger partial charge is 0.481 e. The molecule has 1 heterocycles. The number of carbonyl (C=O) groups excluding carboxylic acids is 1. The molecule has 0 bridgehead atoms. The molecule has 1 aliphatic carbocycles. The van der Waals surface area contributed by atoms with Crippen LogP contribution in [0.3, 0.4) is 0 Å². The summed E-state index contributed by atoms with van der Waals surface area (Å²) in [6.07, 6.45) is 1.93. The molecule has 1 amide bonds. The summed E-state index contributed by atoms with van der Waals surface area (Å²) in [5.74, 6) is -1.46. The Kier molecular flexibility index (Phi) is 4.11. The molecule has 0 radical (unpaired) electrons. The fourth-order valence-corrected chi connectivity index (χ4v) is 2.27. The number of carboxylic acid groups (broad SMARTS) is 1. The van der Waals surface area contributed by atoms with Crippen LogP contribution in [0.1, 0.15) is 31.2 Å². The van der Waals surface area contributed by atoms with Gasteiger partial charge in [0.05, 0.1) is 11.6 Å². The van der Waals surface area contributed by atoms with Crippen LogP contribution in [0.2, 0.25) is 0 Å². The molecule has 1 fully saturated rings. The van der Waals surface area contributed by atoms with Crippen LogP contribution in [0.25, 0.3) is 0 Å². The first kappa shape index (κ1) is 14.6. The van der Waals surface area contributed by atoms with Crippen molar-refractivity contribution in [2.45, 2.75) is 46.2 Å². The van der Waals surface area contributed by atoms with E-state index in [-0.39, 0.29) is 25.0 Å². The summed E-state index contributed by atoms with van der Waals surface area (Å²) in [6.45, 7) is 5.89. The van der Waals surface area contributed by atoms with E-state index in [1.54, 1.807) is 16.5 Å². The third-order valence-corrected chi connectivity index (χ3v) is 3.59. The molecule has 6 nitrogen and oxygen atoms in total. The van der Waals surface area contributed by atoms with Crippen molar-refractivity contribution >= 4 is 11.9 Å². The predicted octanol–water partition coefficient (Wildman–Crippen LogP) is 1.21. The normalized spacial score (nSPS) is 15.9. The first-order valence-corrected chi connectivity index (χ1v) is 6.92. The van der Waals surface area contributed by atoms with Crippen LogP contribution in [0, 0.1) is 19.8 Å². The summed E-state index contributed by atoms with van der Waals surface area (Å²) in [7, 11) is 0. The zero-order valence-corrected chi connectivity index (χ0v) is 12.2. The van der Waals surface area contributed by atoms with Gasteiger partial charge in [-0.15, -0.1) is 0 Å². The summed E-state index contributed by atoms with van der Waals surface area (Å²) >= 11 is 0. The molecular formula is C14H21N3O3. The number of aryl methyl sites for hydroxylation is 2. The molecule has 1 saturated carbocycles. The molecule has 0 aromatic carbocycles. The molecule has 1 unspecified atom stereocenters. The molecule has 0 aliphatic heterocycles. The molecular weight excluding hydrogens is 258 g/mol. The summed E-state index contributed by atoms with van der Waals surface area (Å²) < 4.78 is 1.68. The highest BCUT2D eigenvalue weighted by Gasteiger charge is 2.34. The van der Waals surface area contributed by atoms with Gasteiger partial charge in [-0.2, -0.15) is 5.10 Å². The Morgan fingerprint density at radius 2 is 2.15 bits per heavy atom. The van der Waals surface area contributed by atoms with Crippen molar-refractivity contribution in [3.8, 4) is 0 Å². The van der Waals surface area contributed by atoms with Crippen molar-refractivity contribution in [1.29, 1.82) is 0 Å². The number of hydrogen-bond donors (Lipinski definition) is 1. The number of hydrogen-bond acceptors (Lipinski definition) is 3. The second-order valence-corrected chi connectivity index (χ2v) is 5.60. The third kappa shape index (κ3) is 3.37. The maximum atomic E-state index is 12.4. The van der Waals surface area contributed by atoms with E-state index in [1.807, 2.05) is 19.9 Å². The van der Waals surface area contributed by atoms with E-state index in [0.717, 1.165) is 24.2 Å². The lowest BCUT2D eigenvalue weighted by molar-refractivity contribution is -0.143. The Balaban J connectivity index is 2.04. The van der Waals surface area contributed by atoms with Crippen molar-refractivity contribution in [3.05, 3.63) is 17.5 Å². The topological polar surface area (TPSA) is 75.4 Å². The van der Waals surface area contributed by atoms with E-state index in [0.29, 0.717) is 0 Å². The highest BCUT2D eigenvalue weighted by molar-refractivity contribution is 5.78. The highest BCUT2D eigenvalue weighted by Crippen LogP contribution is 2.28. The standard InChI is InChI=1S/C14H21N3O3/c1-9(14(19)20)7-16(12-4-5-12)13(18)8-17-11(3)6-10(2)15-17/h6,9,12H,4-5,7-8H2,1-3H3,(H,19,20). The Labute approximate surface area is 118 Å². The van der Waals surface area contributed by atoms with E-state index in [9.17, 15) is 9.59 Å². The maximum absolute atomic E-state index is 12.4. The molecule has 1 aromatic heterocycles. The van der Waals surface area contributed by atoms with Crippen molar-refractivity contribution in [2.24, 2.45) is 5.92 Å². The molecule has 20 heavy (non-hydrogen) atoms. The summed E-state index contributed by atoms with van der Waals surface area (Å²) in [6, 6.07) is 2.13. The highest BCUT2D eigenvalue weighted by atomic mass is 16.4. The summed E-state index contributed by atoms with van der Waals surface area (Å²) in [5, 5.41) is 13.3. The second kappa shape index (κ2) is 5.64. The van der Waals surface area contributed by atoms with Crippen molar-refractivity contribution in [2.75, 3.05) is 6.54 Å². The number of aromatic nitrogens is 2. The van der Waals surface area contributed by atoms with Gasteiger partial charge in [-0.3, -0.25) is 14.3 Å². The van der Waals surface area contributed by atoms with Gasteiger partial charge in [0, 0.05) is 18.3 Å². The van der Waals surface area contributed by atoms with Crippen LogP contribution in [0.4, 0.5) is 0 Å². The number of amides is 1. The van der Waals surface area contributed by atoms with Crippen molar-refractivity contribution in [3.63, 3.8) is 0 Å². The van der Waals surface area contributed by atoms with Gasteiger partial charge in [-0.1, -0.05) is 6.92 Å². The van der Waals surface area contributed by atoms with Crippen LogP contribution in [0.15, 0.2) is 6.07 Å². The van der Waals surface area contributed by atoms with Crippen LogP contribution in [-0.4, -0.2) is 44.3 Å². The minimum absolute atomic E-state index is 0.0493. The average molecular weight is 279 g/mol. The lowest BCUT2D eigenvalue weighted by Gasteiger charge is -2.24. The number of carbonyl (C=O) groups is 2. The molecule has 1 aliphatic rings. The molecule has 0 spiro atoms. The van der Waals surface area contributed by atoms with Gasteiger partial charge in [0.2, 0.25) is 5.91 Å². The van der Waals surface area contributed by atoms with Gasteiger partial charge in [-0.25, -0.2) is 0 Å². The van der Waals surface area contributed by atoms with Gasteiger partial charge in [-0.05, 0) is 32.8 Å². The molecule has 110 valence electrons. The zero-order chi connectivity index (χ0) is 14.9. The minimum atomic E-state index is -0.866. The van der Waals surface area contributed by atoms with Crippen molar-refractivity contribution < 1.29 is 14.7 Å². The van der Waals surface area contributed by atoms with Crippen molar-refractivity contribution in [1.82, 2.24) is 14.7 Å². The summed E-state index contributed by atoms with van der Waals surface area (Å²) in [5.41, 5.74) is 1.82. The first-order chi connectivity index (χ1) is 9.38. The average Bonchev–Trinajstić information content (AvgIpc) is 3.13. The lowest BCUT2D eigenvalue weighted by atomic mass is 10.1. The fourth-order valence-electron chi connectivity index (χ4n) is 2.27. The Morgan fingerprint density at radius 3 is 2.60 bits per heavy atom. The van der Waals surface area contributed by atoms with Crippen LogP contribution in [-0.2, 0) is 16.1 Å². The Bertz CT molecular complexity index is 520. The summed E-state index contributed by atoms with van der Waals surface area (Å²) in [4.78, 5) is 25.1. The minimum Gasteiger partial charge on any atom is -0.481 e. The molecule has 0 saturated heterocycles. The maximum Gasteiger partial charge on any atom is 0.308 e. The Hall–Kier alpha value is -1.85. The molecule has 6 heteroatoms. The Morgan fingerprint density at radius 1 is 1.50 bits per heavy atom. The monoisotopic (exact) mass is 279 g/mol. The van der Waals surface area contributed by atoms with E-state index in [1.165, 1.54) is 0 Å². The second-order valence-electron chi connectivity index (χ2n) is 5.60. The van der Waals surface area contributed by atoms with Gasteiger partial charge in [0.15, 0.2) is 0 Å². The predicted molar refractivity (Wildman–Crippen MR) is 73.2 cm³/mol. The van der Waals surface area contributed by atoms with Gasteiger partial charge < -0.3 is 10.0 Å². The quantitative estimate of drug-likeness (QED) is 0.849.